The van der Waals surface area contributed by atoms with Crippen LogP contribution >= 0.6 is 11.3 Å². The van der Waals surface area contributed by atoms with Crippen molar-refractivity contribution < 1.29 is 9.53 Å². The molecule has 128 valence electrons. The molecule has 1 aromatic carbocycles. The molecule has 1 aliphatic rings. The predicted molar refractivity (Wildman–Crippen MR) is 98.3 cm³/mol. The summed E-state index contributed by atoms with van der Waals surface area (Å²) in [6.07, 6.45) is 1.91. The van der Waals surface area contributed by atoms with Crippen LogP contribution in [-0.4, -0.2) is 24.0 Å². The molecule has 0 bridgehead atoms. The van der Waals surface area contributed by atoms with Gasteiger partial charge in [0.25, 0.3) is 0 Å². The summed E-state index contributed by atoms with van der Waals surface area (Å²) < 4.78 is 5.17. The van der Waals surface area contributed by atoms with Crippen LogP contribution in [0.2, 0.25) is 0 Å². The van der Waals surface area contributed by atoms with E-state index < -0.39 is 0 Å². The number of nitrogens with two attached hydrogens (primary N) is 1. The number of carbonyl (C=O) groups is 1. The van der Waals surface area contributed by atoms with E-state index in [1.165, 1.54) is 21.8 Å². The maximum absolute atomic E-state index is 12.2. The molecule has 3 rings (SSSR count). The number of rotatable bonds is 5. The summed E-state index contributed by atoms with van der Waals surface area (Å²) in [5.41, 5.74) is 9.16. The lowest BCUT2D eigenvalue weighted by Gasteiger charge is -2.34. The number of carbonyl (C=O) groups excluding carboxylic acids is 1. The smallest absolute Gasteiger partial charge is 0.341 e. The minimum absolute atomic E-state index is 0.281. The third kappa shape index (κ3) is 3.19. The van der Waals surface area contributed by atoms with Crippen LogP contribution in [0.25, 0.3) is 0 Å². The van der Waals surface area contributed by atoms with Gasteiger partial charge in [-0.15, -0.1) is 11.3 Å². The van der Waals surface area contributed by atoms with Crippen LogP contribution < -0.4 is 5.73 Å². The molecule has 2 heterocycles. The van der Waals surface area contributed by atoms with Crippen molar-refractivity contribution in [2.75, 3.05) is 18.9 Å². The van der Waals surface area contributed by atoms with Crippen LogP contribution in [0.1, 0.15) is 52.7 Å². The van der Waals surface area contributed by atoms with Gasteiger partial charge in [-0.3, -0.25) is 4.90 Å². The highest BCUT2D eigenvalue weighted by molar-refractivity contribution is 7.16. The van der Waals surface area contributed by atoms with Gasteiger partial charge in [0.2, 0.25) is 0 Å². The summed E-state index contributed by atoms with van der Waals surface area (Å²) in [7, 11) is 0. The van der Waals surface area contributed by atoms with Crippen LogP contribution in [0.4, 0.5) is 5.00 Å². The van der Waals surface area contributed by atoms with Crippen molar-refractivity contribution >= 4 is 22.3 Å². The number of hydrogen-bond acceptors (Lipinski definition) is 5. The van der Waals surface area contributed by atoms with Crippen molar-refractivity contribution in [2.45, 2.75) is 39.3 Å². The third-order valence-corrected chi connectivity index (χ3v) is 5.65. The molecule has 1 unspecified atom stereocenters. The molecule has 0 saturated carbocycles. The van der Waals surface area contributed by atoms with E-state index in [0.717, 1.165) is 31.5 Å². The topological polar surface area (TPSA) is 55.6 Å². The Morgan fingerprint density at radius 2 is 2.08 bits per heavy atom. The first-order chi connectivity index (χ1) is 11.7. The molecular formula is C19H24N2O2S. The molecule has 1 aliphatic heterocycles. The fourth-order valence-electron chi connectivity index (χ4n) is 3.52. The van der Waals surface area contributed by atoms with Gasteiger partial charge in [0.1, 0.15) is 5.00 Å². The molecule has 0 fully saturated rings. The highest BCUT2D eigenvalue weighted by Crippen LogP contribution is 2.38. The van der Waals surface area contributed by atoms with E-state index in [0.29, 0.717) is 23.2 Å². The van der Waals surface area contributed by atoms with Crippen LogP contribution in [0.5, 0.6) is 0 Å². The van der Waals surface area contributed by atoms with Gasteiger partial charge in [0, 0.05) is 24.0 Å². The fraction of sp³-hybridized carbons (Fsp3) is 0.421. The second kappa shape index (κ2) is 7.36. The van der Waals surface area contributed by atoms with E-state index in [1.54, 1.807) is 0 Å². The molecule has 5 heteroatoms. The zero-order valence-corrected chi connectivity index (χ0v) is 15.1. The average molecular weight is 344 g/mol. The molecule has 0 radical (unpaired) electrons. The van der Waals surface area contributed by atoms with Gasteiger partial charge in [-0.05, 0) is 30.9 Å². The Labute approximate surface area is 147 Å². The normalized spacial score (nSPS) is 15.8. The molecule has 0 amide bonds. The number of benzene rings is 1. The van der Waals surface area contributed by atoms with E-state index in [-0.39, 0.29) is 5.97 Å². The fourth-order valence-corrected chi connectivity index (χ4v) is 4.65. The Kier molecular flexibility index (Phi) is 5.21. The standard InChI is InChI=1S/C19H24N2O2S/c1-3-15(13-8-6-5-7-9-13)21-11-10-14-16(12-21)24-18(20)17(14)19(22)23-4-2/h5-9,15H,3-4,10-12,20H2,1-2H3. The summed E-state index contributed by atoms with van der Waals surface area (Å²) in [6, 6.07) is 11.0. The van der Waals surface area contributed by atoms with E-state index >= 15 is 0 Å². The van der Waals surface area contributed by atoms with Crippen LogP contribution in [0.3, 0.4) is 0 Å². The molecule has 2 N–H and O–H groups in total. The number of thiophene rings is 1. The van der Waals surface area contributed by atoms with Gasteiger partial charge in [-0.2, -0.15) is 0 Å². The maximum atomic E-state index is 12.2. The monoisotopic (exact) mass is 344 g/mol. The maximum Gasteiger partial charge on any atom is 0.341 e. The van der Waals surface area contributed by atoms with Gasteiger partial charge in [-0.25, -0.2) is 4.79 Å². The molecule has 1 atom stereocenters. The first-order valence-corrected chi connectivity index (χ1v) is 9.33. The Morgan fingerprint density at radius 1 is 1.33 bits per heavy atom. The summed E-state index contributed by atoms with van der Waals surface area (Å²) >= 11 is 1.53. The minimum Gasteiger partial charge on any atom is -0.462 e. The van der Waals surface area contributed by atoms with Crippen molar-refractivity contribution in [2.24, 2.45) is 0 Å². The molecule has 1 aromatic heterocycles. The zero-order chi connectivity index (χ0) is 17.1. The zero-order valence-electron chi connectivity index (χ0n) is 14.2. The lowest BCUT2D eigenvalue weighted by atomic mass is 9.97. The van der Waals surface area contributed by atoms with Crippen molar-refractivity contribution in [1.29, 1.82) is 0 Å². The van der Waals surface area contributed by atoms with Crippen LogP contribution in [-0.2, 0) is 17.7 Å². The van der Waals surface area contributed by atoms with Gasteiger partial charge >= 0.3 is 5.97 Å². The van der Waals surface area contributed by atoms with E-state index in [2.05, 4.69) is 42.2 Å². The molecular weight excluding hydrogens is 320 g/mol. The van der Waals surface area contributed by atoms with Crippen molar-refractivity contribution in [3.63, 3.8) is 0 Å². The van der Waals surface area contributed by atoms with Crippen molar-refractivity contribution in [1.82, 2.24) is 4.90 Å². The number of hydrogen-bond donors (Lipinski definition) is 1. The molecule has 4 nitrogen and oxygen atoms in total. The van der Waals surface area contributed by atoms with E-state index in [9.17, 15) is 4.79 Å². The molecule has 0 aliphatic carbocycles. The van der Waals surface area contributed by atoms with Gasteiger partial charge in [0.15, 0.2) is 0 Å². The SMILES string of the molecule is CCOC(=O)c1c(N)sc2c1CCN(C(CC)c1ccccc1)C2. The Morgan fingerprint density at radius 3 is 2.75 bits per heavy atom. The first kappa shape index (κ1) is 17.0. The van der Waals surface area contributed by atoms with Gasteiger partial charge in [-0.1, -0.05) is 37.3 Å². The molecule has 0 saturated heterocycles. The van der Waals surface area contributed by atoms with Crippen LogP contribution in [0, 0.1) is 0 Å². The predicted octanol–water partition coefficient (Wildman–Crippen LogP) is 4.02. The summed E-state index contributed by atoms with van der Waals surface area (Å²) in [6.45, 7) is 6.20. The molecule has 24 heavy (non-hydrogen) atoms. The second-order valence-electron chi connectivity index (χ2n) is 6.02. The number of ether oxygens (including phenoxy) is 1. The number of esters is 1. The Bertz CT molecular complexity index is 712. The lowest BCUT2D eigenvalue weighted by molar-refractivity contribution is 0.0525. The molecule has 2 aromatic rings. The highest BCUT2D eigenvalue weighted by atomic mass is 32.1. The van der Waals surface area contributed by atoms with Crippen molar-refractivity contribution in [3.8, 4) is 0 Å². The second-order valence-corrected chi connectivity index (χ2v) is 7.16. The summed E-state index contributed by atoms with van der Waals surface area (Å²) in [5.74, 6) is -0.281. The number of nitrogen functional groups attached to an aromatic ring is 1. The summed E-state index contributed by atoms with van der Waals surface area (Å²) in [5, 5.41) is 0.591. The average Bonchev–Trinajstić information content (AvgIpc) is 2.92. The highest BCUT2D eigenvalue weighted by Gasteiger charge is 2.30. The summed E-state index contributed by atoms with van der Waals surface area (Å²) in [4.78, 5) is 15.9. The minimum atomic E-state index is -0.281. The molecule has 0 spiro atoms. The van der Waals surface area contributed by atoms with Gasteiger partial charge in [0.05, 0.1) is 12.2 Å². The Hall–Kier alpha value is -1.85. The number of nitrogens with zero attached hydrogens (tertiary/aromatic N) is 1. The number of fused-ring (bicyclic) bond motifs is 1. The van der Waals surface area contributed by atoms with Gasteiger partial charge < -0.3 is 10.5 Å². The lowest BCUT2D eigenvalue weighted by Crippen LogP contribution is -2.33. The van der Waals surface area contributed by atoms with Crippen molar-refractivity contribution in [3.05, 3.63) is 51.9 Å². The van der Waals surface area contributed by atoms with E-state index in [1.807, 2.05) is 6.92 Å². The van der Waals surface area contributed by atoms with E-state index in [4.69, 9.17) is 10.5 Å². The first-order valence-electron chi connectivity index (χ1n) is 8.51. The number of anilines is 1. The largest absolute Gasteiger partial charge is 0.462 e. The quantitative estimate of drug-likeness (QED) is 0.833. The van der Waals surface area contributed by atoms with Crippen LogP contribution in [0.15, 0.2) is 30.3 Å². The third-order valence-electron chi connectivity index (χ3n) is 4.61. The Balaban J connectivity index is 1.85.